The number of methoxy groups -OCH3 is 1. The number of hydrogen-bond donors (Lipinski definition) is 1. The van der Waals surface area contributed by atoms with Gasteiger partial charge in [-0.3, -0.25) is 15.0 Å². The zero-order valence-corrected chi connectivity index (χ0v) is 19.4. The number of hydrogen-bond acceptors (Lipinski definition) is 9. The van der Waals surface area contributed by atoms with Crippen molar-refractivity contribution in [3.63, 3.8) is 0 Å². The molecule has 1 aromatic rings. The van der Waals surface area contributed by atoms with E-state index in [1.165, 1.54) is 25.3 Å². The third kappa shape index (κ3) is 5.58. The fourth-order valence-electron chi connectivity index (χ4n) is 4.21. The number of likely N-dealkylation sites (N-methyl/N-ethyl adjacent to an activating group) is 1. The zero-order valence-electron chi connectivity index (χ0n) is 19.4. The topological polar surface area (TPSA) is 114 Å². The maximum absolute atomic E-state index is 13.2. The molecule has 0 amide bonds. The molecule has 178 valence electrons. The summed E-state index contributed by atoms with van der Waals surface area (Å²) in [5.74, 6) is -2.04. The molecule has 10 nitrogen and oxygen atoms in total. The fraction of sp³-hybridized carbons (Fsp3) is 0.478. The lowest BCUT2D eigenvalue weighted by molar-refractivity contribution is -0.384. The Morgan fingerprint density at radius 1 is 1.12 bits per heavy atom. The first-order chi connectivity index (χ1) is 15.7. The summed E-state index contributed by atoms with van der Waals surface area (Å²) in [6.07, 6.45) is 0. The normalized spacial score (nSPS) is 19.8. The highest BCUT2D eigenvalue weighted by atomic mass is 16.6. The van der Waals surface area contributed by atoms with Crippen LogP contribution in [0.5, 0.6) is 0 Å². The fourth-order valence-corrected chi connectivity index (χ4v) is 4.21. The van der Waals surface area contributed by atoms with E-state index in [-0.39, 0.29) is 23.4 Å². The summed E-state index contributed by atoms with van der Waals surface area (Å²) in [7, 11) is 3.33. The number of nitrogens with one attached hydrogen (secondary N) is 1. The first-order valence-corrected chi connectivity index (χ1v) is 10.8. The molecule has 1 aromatic carbocycles. The Hall–Kier alpha value is -3.24. The summed E-state index contributed by atoms with van der Waals surface area (Å²) in [6.45, 7) is 7.97. The number of carbonyl (C=O) groups excluding carboxylic acids is 2. The van der Waals surface area contributed by atoms with Crippen LogP contribution in [0.3, 0.4) is 0 Å². The minimum Gasteiger partial charge on any atom is -0.466 e. The number of esters is 2. The van der Waals surface area contributed by atoms with Crippen LogP contribution in [0.4, 0.5) is 5.69 Å². The molecule has 1 N–H and O–H groups in total. The average molecular weight is 459 g/mol. The minimum absolute atomic E-state index is 0.131. The van der Waals surface area contributed by atoms with Gasteiger partial charge in [0.1, 0.15) is 6.61 Å². The highest BCUT2D eigenvalue weighted by Crippen LogP contribution is 2.40. The van der Waals surface area contributed by atoms with Gasteiger partial charge in [0.2, 0.25) is 0 Å². The van der Waals surface area contributed by atoms with Gasteiger partial charge in [0, 0.05) is 56.3 Å². The monoisotopic (exact) mass is 458 g/mol. The van der Waals surface area contributed by atoms with Gasteiger partial charge < -0.3 is 19.7 Å². The lowest BCUT2D eigenvalue weighted by Gasteiger charge is -2.32. The van der Waals surface area contributed by atoms with Crippen LogP contribution < -0.4 is 5.32 Å². The van der Waals surface area contributed by atoms with Crippen LogP contribution in [0, 0.1) is 10.1 Å². The Morgan fingerprint density at radius 3 is 2.36 bits per heavy atom. The van der Waals surface area contributed by atoms with Crippen LogP contribution in [0.1, 0.15) is 25.3 Å². The molecule has 0 radical (unpaired) electrons. The number of allylic oxidation sites excluding steroid dienone is 2. The number of carbonyl (C=O) groups is 2. The molecular weight excluding hydrogens is 428 g/mol. The summed E-state index contributed by atoms with van der Waals surface area (Å²) in [5, 5.41) is 14.4. The molecule has 0 saturated carbocycles. The third-order valence-electron chi connectivity index (χ3n) is 6.04. The Bertz CT molecular complexity index is 994. The molecule has 33 heavy (non-hydrogen) atoms. The SMILES string of the molecule is COC(=O)C1=C(C)NC(C)=C(C(=O)OCCN2CCN(C)CC2)C1c1cccc([N+](=O)[O-])c1. The van der Waals surface area contributed by atoms with Crippen molar-refractivity contribution in [2.75, 3.05) is 53.5 Å². The second-order valence-corrected chi connectivity index (χ2v) is 8.26. The first kappa shape index (κ1) is 24.4. The molecule has 0 aliphatic carbocycles. The van der Waals surface area contributed by atoms with Crippen LogP contribution in [0.25, 0.3) is 0 Å². The molecule has 0 spiro atoms. The number of rotatable bonds is 7. The van der Waals surface area contributed by atoms with Crippen molar-refractivity contribution in [3.8, 4) is 0 Å². The Morgan fingerprint density at radius 2 is 1.76 bits per heavy atom. The number of nitro benzene ring substituents is 1. The molecule has 1 atom stereocenters. The van der Waals surface area contributed by atoms with Crippen molar-refractivity contribution >= 4 is 17.6 Å². The van der Waals surface area contributed by atoms with Gasteiger partial charge >= 0.3 is 11.9 Å². The highest BCUT2D eigenvalue weighted by molar-refractivity contribution is 5.99. The molecule has 2 heterocycles. The quantitative estimate of drug-likeness (QED) is 0.371. The first-order valence-electron chi connectivity index (χ1n) is 10.8. The van der Waals surface area contributed by atoms with Crippen LogP contribution in [-0.2, 0) is 19.1 Å². The van der Waals surface area contributed by atoms with Crippen LogP contribution in [-0.4, -0.2) is 80.1 Å². The molecule has 0 bridgehead atoms. The minimum atomic E-state index is -0.852. The molecule has 1 fully saturated rings. The average Bonchev–Trinajstić information content (AvgIpc) is 2.79. The summed E-state index contributed by atoms with van der Waals surface area (Å²) in [4.78, 5) is 41.2. The molecule has 1 unspecified atom stereocenters. The lowest BCUT2D eigenvalue weighted by atomic mass is 9.80. The van der Waals surface area contributed by atoms with Crippen molar-refractivity contribution in [1.29, 1.82) is 0 Å². The van der Waals surface area contributed by atoms with Crippen molar-refractivity contribution in [1.82, 2.24) is 15.1 Å². The van der Waals surface area contributed by atoms with Crippen molar-refractivity contribution in [3.05, 3.63) is 62.5 Å². The number of dihydropyridines is 1. The van der Waals surface area contributed by atoms with Crippen LogP contribution in [0.15, 0.2) is 46.8 Å². The van der Waals surface area contributed by atoms with Crippen LogP contribution in [0.2, 0.25) is 0 Å². The second kappa shape index (κ2) is 10.6. The van der Waals surface area contributed by atoms with Gasteiger partial charge in [-0.15, -0.1) is 0 Å². The predicted octanol–water partition coefficient (Wildman–Crippen LogP) is 1.79. The smallest absolute Gasteiger partial charge is 0.336 e. The van der Waals surface area contributed by atoms with Crippen LogP contribution >= 0.6 is 0 Å². The number of ether oxygens (including phenoxy) is 2. The summed E-state index contributed by atoms with van der Waals surface area (Å²) in [5.41, 5.74) is 1.81. The Labute approximate surface area is 193 Å². The number of piperazine rings is 1. The lowest BCUT2D eigenvalue weighted by Crippen LogP contribution is -2.45. The largest absolute Gasteiger partial charge is 0.466 e. The van der Waals surface area contributed by atoms with Gasteiger partial charge in [-0.2, -0.15) is 0 Å². The number of non-ortho nitro benzene ring substituents is 1. The van der Waals surface area contributed by atoms with E-state index in [1.807, 2.05) is 0 Å². The van der Waals surface area contributed by atoms with Crippen molar-refractivity contribution in [2.45, 2.75) is 19.8 Å². The summed E-state index contributed by atoms with van der Waals surface area (Å²) < 4.78 is 10.6. The van der Waals surface area contributed by atoms with E-state index in [0.29, 0.717) is 23.5 Å². The van der Waals surface area contributed by atoms with Gasteiger partial charge in [0.15, 0.2) is 0 Å². The number of benzene rings is 1. The van der Waals surface area contributed by atoms with E-state index in [0.717, 1.165) is 26.2 Å². The van der Waals surface area contributed by atoms with Gasteiger partial charge in [0.05, 0.1) is 29.1 Å². The van der Waals surface area contributed by atoms with Gasteiger partial charge in [-0.25, -0.2) is 9.59 Å². The molecule has 10 heteroatoms. The summed E-state index contributed by atoms with van der Waals surface area (Å²) >= 11 is 0. The molecule has 2 aliphatic heterocycles. The molecule has 3 rings (SSSR count). The standard InChI is InChI=1S/C23H30N4O6/c1-15-19(22(28)32-4)21(17-6-5-7-18(14-17)27(30)31)20(16(2)24-15)23(29)33-13-12-26-10-8-25(3)9-11-26/h5-7,14,21,24H,8-13H2,1-4H3. The van der Waals surface area contributed by atoms with E-state index >= 15 is 0 Å². The molecule has 1 saturated heterocycles. The van der Waals surface area contributed by atoms with E-state index in [2.05, 4.69) is 22.2 Å². The maximum Gasteiger partial charge on any atom is 0.336 e. The molecular formula is C23H30N4O6. The van der Waals surface area contributed by atoms with Gasteiger partial charge in [-0.05, 0) is 26.5 Å². The van der Waals surface area contributed by atoms with E-state index in [4.69, 9.17) is 9.47 Å². The summed E-state index contributed by atoms with van der Waals surface area (Å²) in [6, 6.07) is 5.93. The van der Waals surface area contributed by atoms with Crippen molar-refractivity contribution in [2.24, 2.45) is 0 Å². The maximum atomic E-state index is 13.2. The van der Waals surface area contributed by atoms with E-state index in [9.17, 15) is 19.7 Å². The van der Waals surface area contributed by atoms with Gasteiger partial charge in [0.25, 0.3) is 5.69 Å². The number of nitrogens with zero attached hydrogens (tertiary/aromatic N) is 3. The highest BCUT2D eigenvalue weighted by Gasteiger charge is 2.38. The van der Waals surface area contributed by atoms with E-state index in [1.54, 1.807) is 19.9 Å². The second-order valence-electron chi connectivity index (χ2n) is 8.26. The molecule has 2 aliphatic rings. The van der Waals surface area contributed by atoms with E-state index < -0.39 is 22.8 Å². The Balaban J connectivity index is 1.88. The zero-order chi connectivity index (χ0) is 24.1. The molecule has 0 aromatic heterocycles. The number of nitro groups is 1. The van der Waals surface area contributed by atoms with Crippen molar-refractivity contribution < 1.29 is 24.0 Å². The third-order valence-corrected chi connectivity index (χ3v) is 6.04. The van der Waals surface area contributed by atoms with Gasteiger partial charge in [-0.1, -0.05) is 12.1 Å². The predicted molar refractivity (Wildman–Crippen MR) is 121 cm³/mol. The Kier molecular flexibility index (Phi) is 7.83.